The van der Waals surface area contributed by atoms with E-state index in [-0.39, 0.29) is 18.7 Å². The molecular formula is C12H22N2O2. The number of nitrogens with zero attached hydrogens (tertiary/aromatic N) is 1. The van der Waals surface area contributed by atoms with Crippen molar-refractivity contribution in [3.8, 4) is 0 Å². The molecule has 2 amide bonds. The van der Waals surface area contributed by atoms with Gasteiger partial charge in [-0.3, -0.25) is 0 Å². The Kier molecular flexibility index (Phi) is 4.04. The van der Waals surface area contributed by atoms with Crippen molar-refractivity contribution in [1.29, 1.82) is 0 Å². The van der Waals surface area contributed by atoms with Gasteiger partial charge in [0, 0.05) is 12.6 Å². The lowest BCUT2D eigenvalue weighted by molar-refractivity contribution is 0.128. The summed E-state index contributed by atoms with van der Waals surface area (Å²) < 4.78 is 0. The number of aliphatic hydroxyl groups is 1. The SMILES string of the molecule is O=C(NC1CCC1)N1CCCCCC1CO. The van der Waals surface area contributed by atoms with Crippen LogP contribution in [0.4, 0.5) is 4.79 Å². The summed E-state index contributed by atoms with van der Waals surface area (Å²) in [5.41, 5.74) is 0. The first kappa shape index (κ1) is 11.7. The number of likely N-dealkylation sites (tertiary alicyclic amines) is 1. The lowest BCUT2D eigenvalue weighted by atomic mass is 9.93. The number of carbonyl (C=O) groups excluding carboxylic acids is 1. The van der Waals surface area contributed by atoms with Crippen molar-refractivity contribution in [3.05, 3.63) is 0 Å². The zero-order chi connectivity index (χ0) is 11.4. The third-order valence-corrected chi connectivity index (χ3v) is 3.78. The molecule has 92 valence electrons. The van der Waals surface area contributed by atoms with Gasteiger partial charge in [0.1, 0.15) is 0 Å². The summed E-state index contributed by atoms with van der Waals surface area (Å²) in [6, 6.07) is 0.448. The van der Waals surface area contributed by atoms with Crippen molar-refractivity contribution in [2.45, 2.75) is 57.0 Å². The normalized spacial score (nSPS) is 27.1. The standard InChI is InChI=1S/C12H22N2O2/c15-9-11-7-2-1-3-8-14(11)12(16)13-10-5-4-6-10/h10-11,15H,1-9H2,(H,13,16). The van der Waals surface area contributed by atoms with E-state index in [1.165, 1.54) is 12.8 Å². The van der Waals surface area contributed by atoms with E-state index in [4.69, 9.17) is 0 Å². The van der Waals surface area contributed by atoms with Gasteiger partial charge in [-0.25, -0.2) is 4.79 Å². The molecule has 0 aromatic carbocycles. The van der Waals surface area contributed by atoms with Crippen molar-refractivity contribution < 1.29 is 9.90 Å². The van der Waals surface area contributed by atoms with Gasteiger partial charge in [-0.05, 0) is 32.1 Å². The Morgan fingerprint density at radius 3 is 2.62 bits per heavy atom. The predicted molar refractivity (Wildman–Crippen MR) is 62.2 cm³/mol. The molecule has 1 aliphatic carbocycles. The van der Waals surface area contributed by atoms with Crippen LogP contribution >= 0.6 is 0 Å². The monoisotopic (exact) mass is 226 g/mol. The predicted octanol–water partition coefficient (Wildman–Crippen LogP) is 1.49. The fourth-order valence-electron chi connectivity index (χ4n) is 2.44. The molecule has 2 fully saturated rings. The number of hydrogen-bond acceptors (Lipinski definition) is 2. The molecule has 0 radical (unpaired) electrons. The Morgan fingerprint density at radius 2 is 2.00 bits per heavy atom. The van der Waals surface area contributed by atoms with Crippen LogP contribution in [-0.2, 0) is 0 Å². The largest absolute Gasteiger partial charge is 0.394 e. The van der Waals surface area contributed by atoms with E-state index in [0.717, 1.165) is 38.6 Å². The van der Waals surface area contributed by atoms with E-state index in [0.29, 0.717) is 6.04 Å². The molecule has 2 aliphatic rings. The minimum Gasteiger partial charge on any atom is -0.394 e. The van der Waals surface area contributed by atoms with Gasteiger partial charge in [-0.1, -0.05) is 12.8 Å². The van der Waals surface area contributed by atoms with Crippen LogP contribution in [0.5, 0.6) is 0 Å². The summed E-state index contributed by atoms with van der Waals surface area (Å²) in [5.74, 6) is 0. The number of rotatable bonds is 2. The summed E-state index contributed by atoms with van der Waals surface area (Å²) in [4.78, 5) is 13.9. The van der Waals surface area contributed by atoms with Crippen molar-refractivity contribution in [3.63, 3.8) is 0 Å². The van der Waals surface area contributed by atoms with Gasteiger partial charge >= 0.3 is 6.03 Å². The Balaban J connectivity index is 1.89. The first-order valence-electron chi connectivity index (χ1n) is 6.49. The third kappa shape index (κ3) is 2.67. The summed E-state index contributed by atoms with van der Waals surface area (Å²) in [7, 11) is 0. The number of hydrogen-bond donors (Lipinski definition) is 2. The van der Waals surface area contributed by atoms with Gasteiger partial charge in [-0.2, -0.15) is 0 Å². The fraction of sp³-hybridized carbons (Fsp3) is 0.917. The van der Waals surface area contributed by atoms with Crippen LogP contribution in [0.25, 0.3) is 0 Å². The molecule has 16 heavy (non-hydrogen) atoms. The van der Waals surface area contributed by atoms with E-state index in [9.17, 15) is 9.90 Å². The van der Waals surface area contributed by atoms with E-state index >= 15 is 0 Å². The quantitative estimate of drug-likeness (QED) is 0.749. The van der Waals surface area contributed by atoms with Gasteiger partial charge in [0.15, 0.2) is 0 Å². The van der Waals surface area contributed by atoms with Crippen molar-refractivity contribution in [2.24, 2.45) is 0 Å². The van der Waals surface area contributed by atoms with E-state index in [1.54, 1.807) is 0 Å². The average Bonchev–Trinajstić information content (AvgIpc) is 2.47. The highest BCUT2D eigenvalue weighted by Gasteiger charge is 2.27. The Labute approximate surface area is 97.0 Å². The minimum atomic E-state index is 0.0302. The molecule has 4 nitrogen and oxygen atoms in total. The van der Waals surface area contributed by atoms with Gasteiger partial charge in [-0.15, -0.1) is 0 Å². The molecule has 4 heteroatoms. The smallest absolute Gasteiger partial charge is 0.317 e. The summed E-state index contributed by atoms with van der Waals surface area (Å²) in [6.45, 7) is 0.891. The van der Waals surface area contributed by atoms with Gasteiger partial charge in [0.05, 0.1) is 12.6 Å². The summed E-state index contributed by atoms with van der Waals surface area (Å²) in [5, 5.41) is 12.4. The maximum absolute atomic E-state index is 12.0. The van der Waals surface area contributed by atoms with Crippen LogP contribution in [0.1, 0.15) is 44.9 Å². The molecule has 0 spiro atoms. The molecule has 2 rings (SSSR count). The Morgan fingerprint density at radius 1 is 1.19 bits per heavy atom. The number of aliphatic hydroxyl groups excluding tert-OH is 1. The molecule has 1 heterocycles. The second kappa shape index (κ2) is 5.53. The van der Waals surface area contributed by atoms with Crippen molar-refractivity contribution >= 4 is 6.03 Å². The highest BCUT2D eigenvalue weighted by molar-refractivity contribution is 5.75. The molecular weight excluding hydrogens is 204 g/mol. The van der Waals surface area contributed by atoms with E-state index in [2.05, 4.69) is 5.32 Å². The molecule has 0 bridgehead atoms. The topological polar surface area (TPSA) is 52.6 Å². The molecule has 1 aliphatic heterocycles. The molecule has 1 saturated carbocycles. The zero-order valence-electron chi connectivity index (χ0n) is 9.82. The fourth-order valence-corrected chi connectivity index (χ4v) is 2.44. The first-order valence-corrected chi connectivity index (χ1v) is 6.49. The number of amides is 2. The second-order valence-electron chi connectivity index (χ2n) is 4.96. The van der Waals surface area contributed by atoms with E-state index < -0.39 is 0 Å². The van der Waals surface area contributed by atoms with Crippen LogP contribution < -0.4 is 5.32 Å². The zero-order valence-corrected chi connectivity index (χ0v) is 9.82. The average molecular weight is 226 g/mol. The molecule has 1 atom stereocenters. The van der Waals surface area contributed by atoms with Crippen LogP contribution in [0.15, 0.2) is 0 Å². The second-order valence-corrected chi connectivity index (χ2v) is 4.96. The maximum Gasteiger partial charge on any atom is 0.317 e. The minimum absolute atomic E-state index is 0.0302. The van der Waals surface area contributed by atoms with Crippen LogP contribution in [0.2, 0.25) is 0 Å². The molecule has 2 N–H and O–H groups in total. The van der Waals surface area contributed by atoms with Crippen LogP contribution in [0.3, 0.4) is 0 Å². The van der Waals surface area contributed by atoms with Crippen LogP contribution in [0, 0.1) is 0 Å². The Hall–Kier alpha value is -0.770. The summed E-state index contributed by atoms with van der Waals surface area (Å²) >= 11 is 0. The van der Waals surface area contributed by atoms with Crippen molar-refractivity contribution in [1.82, 2.24) is 10.2 Å². The number of urea groups is 1. The van der Waals surface area contributed by atoms with Gasteiger partial charge in [0.25, 0.3) is 0 Å². The first-order chi connectivity index (χ1) is 7.81. The molecule has 1 saturated heterocycles. The van der Waals surface area contributed by atoms with Crippen LogP contribution in [-0.4, -0.2) is 41.3 Å². The number of nitrogens with one attached hydrogen (secondary N) is 1. The van der Waals surface area contributed by atoms with Gasteiger partial charge < -0.3 is 15.3 Å². The number of carbonyl (C=O) groups is 1. The molecule has 0 aromatic rings. The molecule has 0 aromatic heterocycles. The molecule has 1 unspecified atom stereocenters. The highest BCUT2D eigenvalue weighted by Crippen LogP contribution is 2.20. The lowest BCUT2D eigenvalue weighted by Gasteiger charge is -2.33. The Bertz CT molecular complexity index is 241. The third-order valence-electron chi connectivity index (χ3n) is 3.78. The maximum atomic E-state index is 12.0. The van der Waals surface area contributed by atoms with E-state index in [1.807, 2.05) is 4.90 Å². The highest BCUT2D eigenvalue weighted by atomic mass is 16.3. The lowest BCUT2D eigenvalue weighted by Crippen LogP contribution is -2.51. The van der Waals surface area contributed by atoms with Gasteiger partial charge in [0.2, 0.25) is 0 Å². The van der Waals surface area contributed by atoms with Crippen molar-refractivity contribution in [2.75, 3.05) is 13.2 Å². The summed E-state index contributed by atoms with van der Waals surface area (Å²) in [6.07, 6.45) is 7.76.